The van der Waals surface area contributed by atoms with Crippen molar-refractivity contribution in [3.05, 3.63) is 65.7 Å². The Labute approximate surface area is 184 Å². The zero-order chi connectivity index (χ0) is 19.5. The molecule has 2 aromatic carbocycles. The topological polar surface area (TPSA) is 66.0 Å². The number of benzene rings is 2. The SMILES string of the molecule is CCNC(=NCCNC(=O)c1ccc(OC)cc1)N(C)Cc1ccccc1.I. The largest absolute Gasteiger partial charge is 0.497 e. The number of methoxy groups -OCH3 is 1. The van der Waals surface area contributed by atoms with Crippen LogP contribution in [0.15, 0.2) is 59.6 Å². The van der Waals surface area contributed by atoms with E-state index >= 15 is 0 Å². The van der Waals surface area contributed by atoms with Crippen LogP contribution in [-0.4, -0.2) is 50.6 Å². The fourth-order valence-corrected chi connectivity index (χ4v) is 2.58. The number of carbonyl (C=O) groups is 1. The Morgan fingerprint density at radius 2 is 1.75 bits per heavy atom. The smallest absolute Gasteiger partial charge is 0.251 e. The number of rotatable bonds is 8. The summed E-state index contributed by atoms with van der Waals surface area (Å²) < 4.78 is 5.10. The minimum absolute atomic E-state index is 0. The highest BCUT2D eigenvalue weighted by Gasteiger charge is 2.07. The molecule has 7 heteroatoms. The fraction of sp³-hybridized carbons (Fsp3) is 0.333. The molecule has 0 saturated heterocycles. The van der Waals surface area contributed by atoms with E-state index in [-0.39, 0.29) is 29.9 Å². The van der Waals surface area contributed by atoms with Crippen molar-refractivity contribution in [3.8, 4) is 5.75 Å². The molecule has 2 rings (SSSR count). The number of hydrogen-bond acceptors (Lipinski definition) is 3. The van der Waals surface area contributed by atoms with Gasteiger partial charge in [-0.3, -0.25) is 9.79 Å². The van der Waals surface area contributed by atoms with E-state index in [2.05, 4.69) is 32.7 Å². The first-order chi connectivity index (χ1) is 13.1. The number of nitrogens with zero attached hydrogens (tertiary/aromatic N) is 2. The first-order valence-electron chi connectivity index (χ1n) is 9.09. The molecule has 0 radical (unpaired) electrons. The summed E-state index contributed by atoms with van der Waals surface area (Å²) in [6.07, 6.45) is 0. The Kier molecular flexibility index (Phi) is 11.0. The van der Waals surface area contributed by atoms with Gasteiger partial charge in [-0.25, -0.2) is 0 Å². The van der Waals surface area contributed by atoms with E-state index in [0.29, 0.717) is 18.7 Å². The second-order valence-corrected chi connectivity index (χ2v) is 6.06. The van der Waals surface area contributed by atoms with Gasteiger partial charge in [0, 0.05) is 32.2 Å². The van der Waals surface area contributed by atoms with Gasteiger partial charge in [-0.05, 0) is 36.8 Å². The summed E-state index contributed by atoms with van der Waals surface area (Å²) in [6.45, 7) is 4.57. The first-order valence-corrected chi connectivity index (χ1v) is 9.09. The summed E-state index contributed by atoms with van der Waals surface area (Å²) in [5.74, 6) is 1.43. The van der Waals surface area contributed by atoms with Crippen molar-refractivity contribution < 1.29 is 9.53 Å². The van der Waals surface area contributed by atoms with Crippen LogP contribution in [0.5, 0.6) is 5.75 Å². The van der Waals surface area contributed by atoms with Gasteiger partial charge in [-0.15, -0.1) is 24.0 Å². The Morgan fingerprint density at radius 1 is 1.07 bits per heavy atom. The summed E-state index contributed by atoms with van der Waals surface area (Å²) in [6, 6.07) is 17.3. The maximum absolute atomic E-state index is 12.2. The second-order valence-electron chi connectivity index (χ2n) is 6.06. The Balaban J connectivity index is 0.00000392. The van der Waals surface area contributed by atoms with E-state index in [1.807, 2.05) is 32.2 Å². The summed E-state index contributed by atoms with van der Waals surface area (Å²) in [5.41, 5.74) is 1.83. The molecule has 0 aliphatic rings. The molecule has 28 heavy (non-hydrogen) atoms. The van der Waals surface area contributed by atoms with Crippen LogP contribution in [0.1, 0.15) is 22.8 Å². The summed E-state index contributed by atoms with van der Waals surface area (Å²) >= 11 is 0. The lowest BCUT2D eigenvalue weighted by Crippen LogP contribution is -2.39. The molecule has 2 N–H and O–H groups in total. The molecule has 0 atom stereocenters. The minimum atomic E-state index is -0.115. The number of halogens is 1. The molecule has 0 spiro atoms. The lowest BCUT2D eigenvalue weighted by molar-refractivity contribution is 0.0954. The van der Waals surface area contributed by atoms with Gasteiger partial charge in [-0.1, -0.05) is 30.3 Å². The zero-order valence-corrected chi connectivity index (χ0v) is 19.0. The van der Waals surface area contributed by atoms with Gasteiger partial charge < -0.3 is 20.3 Å². The van der Waals surface area contributed by atoms with Crippen molar-refractivity contribution in [2.45, 2.75) is 13.5 Å². The number of nitrogens with one attached hydrogen (secondary N) is 2. The van der Waals surface area contributed by atoms with Crippen LogP contribution >= 0.6 is 24.0 Å². The Hall–Kier alpha value is -2.29. The number of guanidine groups is 1. The summed E-state index contributed by atoms with van der Waals surface area (Å²) in [4.78, 5) is 18.8. The first kappa shape index (κ1) is 23.7. The van der Waals surface area contributed by atoms with Gasteiger partial charge in [0.1, 0.15) is 5.75 Å². The van der Waals surface area contributed by atoms with E-state index in [0.717, 1.165) is 24.8 Å². The van der Waals surface area contributed by atoms with Gasteiger partial charge in [0.05, 0.1) is 13.7 Å². The molecule has 6 nitrogen and oxygen atoms in total. The van der Waals surface area contributed by atoms with Crippen LogP contribution in [0.25, 0.3) is 0 Å². The minimum Gasteiger partial charge on any atom is -0.497 e. The number of ether oxygens (including phenoxy) is 1. The molecule has 0 aromatic heterocycles. The highest BCUT2D eigenvalue weighted by Crippen LogP contribution is 2.10. The predicted molar refractivity (Wildman–Crippen MR) is 125 cm³/mol. The Bertz CT molecular complexity index is 736. The van der Waals surface area contributed by atoms with Crippen LogP contribution in [-0.2, 0) is 6.54 Å². The number of amides is 1. The average molecular weight is 496 g/mol. The van der Waals surface area contributed by atoms with Gasteiger partial charge in [0.25, 0.3) is 5.91 Å². The number of aliphatic imine (C=N–C) groups is 1. The normalized spacial score (nSPS) is 10.6. The highest BCUT2D eigenvalue weighted by atomic mass is 127. The van der Waals surface area contributed by atoms with Crippen molar-refractivity contribution >= 4 is 35.8 Å². The third kappa shape index (κ3) is 7.75. The molecule has 0 aliphatic heterocycles. The Morgan fingerprint density at radius 3 is 2.36 bits per heavy atom. The molecule has 0 saturated carbocycles. The molecule has 152 valence electrons. The third-order valence-corrected chi connectivity index (χ3v) is 3.97. The lowest BCUT2D eigenvalue weighted by Gasteiger charge is -2.22. The lowest BCUT2D eigenvalue weighted by atomic mass is 10.2. The highest BCUT2D eigenvalue weighted by molar-refractivity contribution is 14.0. The fourth-order valence-electron chi connectivity index (χ4n) is 2.58. The van der Waals surface area contributed by atoms with Crippen molar-refractivity contribution in [2.75, 3.05) is 33.8 Å². The summed E-state index contributed by atoms with van der Waals surface area (Å²) in [7, 11) is 3.61. The predicted octanol–water partition coefficient (Wildman–Crippen LogP) is 3.14. The molecule has 0 unspecified atom stereocenters. The molecule has 0 fully saturated rings. The van der Waals surface area contributed by atoms with Crippen molar-refractivity contribution in [1.29, 1.82) is 0 Å². The molecular weight excluding hydrogens is 467 g/mol. The van der Waals surface area contributed by atoms with Crippen LogP contribution < -0.4 is 15.4 Å². The van der Waals surface area contributed by atoms with E-state index in [4.69, 9.17) is 4.74 Å². The monoisotopic (exact) mass is 496 g/mol. The van der Waals surface area contributed by atoms with Crippen molar-refractivity contribution in [1.82, 2.24) is 15.5 Å². The van der Waals surface area contributed by atoms with E-state index < -0.39 is 0 Å². The summed E-state index contributed by atoms with van der Waals surface area (Å²) in [5, 5.41) is 6.17. The van der Waals surface area contributed by atoms with E-state index in [9.17, 15) is 4.79 Å². The average Bonchev–Trinajstić information content (AvgIpc) is 2.71. The number of carbonyl (C=O) groups excluding carboxylic acids is 1. The van der Waals surface area contributed by atoms with Crippen LogP contribution in [0.3, 0.4) is 0 Å². The van der Waals surface area contributed by atoms with E-state index in [1.165, 1.54) is 5.56 Å². The van der Waals surface area contributed by atoms with Crippen molar-refractivity contribution in [2.24, 2.45) is 4.99 Å². The third-order valence-electron chi connectivity index (χ3n) is 3.97. The van der Waals surface area contributed by atoms with Crippen molar-refractivity contribution in [3.63, 3.8) is 0 Å². The van der Waals surface area contributed by atoms with Crippen LogP contribution in [0, 0.1) is 0 Å². The van der Waals surface area contributed by atoms with Crippen LogP contribution in [0.2, 0.25) is 0 Å². The molecule has 0 bridgehead atoms. The van der Waals surface area contributed by atoms with Gasteiger partial charge in [-0.2, -0.15) is 0 Å². The van der Waals surface area contributed by atoms with Crippen LogP contribution in [0.4, 0.5) is 0 Å². The maximum Gasteiger partial charge on any atom is 0.251 e. The quantitative estimate of drug-likeness (QED) is 0.255. The second kappa shape index (κ2) is 13.0. The standard InChI is InChI=1S/C21H28N4O2.HI/c1-4-22-21(25(2)16-17-8-6-5-7-9-17)24-15-14-23-20(26)18-10-12-19(27-3)13-11-18;/h5-13H,4,14-16H2,1-3H3,(H,22,24)(H,23,26);1H. The van der Waals surface area contributed by atoms with Gasteiger partial charge >= 0.3 is 0 Å². The molecule has 0 aliphatic carbocycles. The van der Waals surface area contributed by atoms with Gasteiger partial charge in [0.2, 0.25) is 0 Å². The molecule has 2 aromatic rings. The molecule has 1 amide bonds. The zero-order valence-electron chi connectivity index (χ0n) is 16.6. The molecular formula is C21H29IN4O2. The van der Waals surface area contributed by atoms with E-state index in [1.54, 1.807) is 31.4 Å². The maximum atomic E-state index is 12.2. The number of hydrogen-bond donors (Lipinski definition) is 2. The molecule has 0 heterocycles. The van der Waals surface area contributed by atoms with Gasteiger partial charge in [0.15, 0.2) is 5.96 Å².